The highest BCUT2D eigenvalue weighted by Gasteiger charge is 2.20. The molecule has 6 heteroatoms. The zero-order chi connectivity index (χ0) is 19.2. The zero-order valence-electron chi connectivity index (χ0n) is 16.8. The van der Waals surface area contributed by atoms with Gasteiger partial charge in [-0.15, -0.1) is 11.3 Å². The van der Waals surface area contributed by atoms with E-state index in [2.05, 4.69) is 54.1 Å². The standard InChI is InChI=1S/C21H32N4OS/c1-16(2)8-9-17(3)22-20(26)14-24-10-12-25(13-11-24)15-21-23-18-6-4-5-7-19(18)27-21/h4-7,16-17H,8-15H2,1-3H3,(H,22,26)/t17-/m1/s1. The number of carbonyl (C=O) groups is 1. The quantitative estimate of drug-likeness (QED) is 0.753. The van der Waals surface area contributed by atoms with Crippen LogP contribution in [-0.2, 0) is 11.3 Å². The van der Waals surface area contributed by atoms with Crippen LogP contribution in [0, 0.1) is 5.92 Å². The second-order valence-corrected chi connectivity index (χ2v) is 9.18. The van der Waals surface area contributed by atoms with E-state index in [4.69, 9.17) is 4.98 Å². The fourth-order valence-corrected chi connectivity index (χ4v) is 4.47. The van der Waals surface area contributed by atoms with E-state index in [9.17, 15) is 4.79 Å². The second-order valence-electron chi connectivity index (χ2n) is 8.07. The average molecular weight is 389 g/mol. The number of amides is 1. The van der Waals surface area contributed by atoms with Crippen molar-refractivity contribution in [1.29, 1.82) is 0 Å². The van der Waals surface area contributed by atoms with Gasteiger partial charge in [0.05, 0.1) is 23.3 Å². The van der Waals surface area contributed by atoms with Gasteiger partial charge >= 0.3 is 0 Å². The minimum atomic E-state index is 0.158. The Labute approximate surface area is 166 Å². The molecule has 0 unspecified atom stereocenters. The molecule has 1 aromatic heterocycles. The van der Waals surface area contributed by atoms with Crippen molar-refractivity contribution in [3.8, 4) is 0 Å². The lowest BCUT2D eigenvalue weighted by atomic mass is 10.0. The van der Waals surface area contributed by atoms with E-state index in [-0.39, 0.29) is 11.9 Å². The SMILES string of the molecule is CC(C)CC[C@@H](C)NC(=O)CN1CCN(Cc2nc3ccccc3s2)CC1. The van der Waals surface area contributed by atoms with Gasteiger partial charge < -0.3 is 5.32 Å². The van der Waals surface area contributed by atoms with Crippen molar-refractivity contribution in [3.05, 3.63) is 29.3 Å². The molecule has 1 atom stereocenters. The van der Waals surface area contributed by atoms with Crippen LogP contribution in [0.1, 0.15) is 38.6 Å². The number of thiazole rings is 1. The maximum absolute atomic E-state index is 12.3. The summed E-state index contributed by atoms with van der Waals surface area (Å²) in [5, 5.41) is 4.33. The summed E-state index contributed by atoms with van der Waals surface area (Å²) in [6, 6.07) is 8.58. The van der Waals surface area contributed by atoms with Gasteiger partial charge in [0, 0.05) is 32.2 Å². The van der Waals surface area contributed by atoms with Crippen LogP contribution in [-0.4, -0.2) is 59.5 Å². The normalized spacial score (nSPS) is 17.5. The van der Waals surface area contributed by atoms with Gasteiger partial charge in [-0.1, -0.05) is 26.0 Å². The Balaban J connectivity index is 1.39. The van der Waals surface area contributed by atoms with Crippen LogP contribution >= 0.6 is 11.3 Å². The third-order valence-electron chi connectivity index (χ3n) is 5.11. The topological polar surface area (TPSA) is 48.5 Å². The molecule has 1 N–H and O–H groups in total. The van der Waals surface area contributed by atoms with E-state index in [1.807, 2.05) is 6.07 Å². The number of piperazine rings is 1. The fraction of sp³-hybridized carbons (Fsp3) is 0.619. The van der Waals surface area contributed by atoms with Gasteiger partial charge in [-0.3, -0.25) is 14.6 Å². The Morgan fingerprint density at radius 1 is 1.11 bits per heavy atom. The van der Waals surface area contributed by atoms with E-state index >= 15 is 0 Å². The molecule has 1 aliphatic rings. The van der Waals surface area contributed by atoms with Gasteiger partial charge in [0.25, 0.3) is 0 Å². The van der Waals surface area contributed by atoms with Gasteiger partial charge in [0.1, 0.15) is 5.01 Å². The number of rotatable bonds is 8. The van der Waals surface area contributed by atoms with Gasteiger partial charge in [-0.05, 0) is 37.8 Å². The zero-order valence-corrected chi connectivity index (χ0v) is 17.6. The Kier molecular flexibility index (Phi) is 7.21. The number of aromatic nitrogens is 1. The molecule has 5 nitrogen and oxygen atoms in total. The number of hydrogen-bond acceptors (Lipinski definition) is 5. The fourth-order valence-electron chi connectivity index (χ4n) is 3.46. The van der Waals surface area contributed by atoms with Crippen LogP contribution in [0.2, 0.25) is 0 Å². The van der Waals surface area contributed by atoms with Crippen LogP contribution in [0.4, 0.5) is 0 Å². The molecule has 148 valence electrons. The molecule has 0 radical (unpaired) electrons. The Bertz CT molecular complexity index is 704. The molecular weight excluding hydrogens is 356 g/mol. The number of fused-ring (bicyclic) bond motifs is 1. The predicted octanol–water partition coefficient (Wildman–Crippen LogP) is 3.35. The number of nitrogens with one attached hydrogen (secondary N) is 1. The third kappa shape index (κ3) is 6.26. The first-order valence-electron chi connectivity index (χ1n) is 10.1. The molecule has 1 fully saturated rings. The molecule has 1 saturated heterocycles. The molecule has 1 aliphatic heterocycles. The lowest BCUT2D eigenvalue weighted by molar-refractivity contribution is -0.123. The van der Waals surface area contributed by atoms with Gasteiger partial charge in [-0.2, -0.15) is 0 Å². The Hall–Kier alpha value is -1.50. The molecular formula is C21H32N4OS. The number of para-hydroxylation sites is 1. The lowest BCUT2D eigenvalue weighted by Gasteiger charge is -2.34. The van der Waals surface area contributed by atoms with Crippen molar-refractivity contribution in [1.82, 2.24) is 20.1 Å². The first kappa shape index (κ1) is 20.2. The number of benzene rings is 1. The maximum atomic E-state index is 12.3. The van der Waals surface area contributed by atoms with Crippen LogP contribution in [0.5, 0.6) is 0 Å². The summed E-state index contributed by atoms with van der Waals surface area (Å²) in [5.41, 5.74) is 1.10. The molecule has 3 rings (SSSR count). The second kappa shape index (κ2) is 9.62. The monoisotopic (exact) mass is 388 g/mol. The summed E-state index contributed by atoms with van der Waals surface area (Å²) < 4.78 is 1.26. The summed E-state index contributed by atoms with van der Waals surface area (Å²) in [4.78, 5) is 21.7. The molecule has 0 bridgehead atoms. The molecule has 0 saturated carbocycles. The minimum absolute atomic E-state index is 0.158. The lowest BCUT2D eigenvalue weighted by Crippen LogP contribution is -2.49. The van der Waals surface area contributed by atoms with Crippen molar-refractivity contribution in [2.75, 3.05) is 32.7 Å². The summed E-state index contributed by atoms with van der Waals surface area (Å²) in [5.74, 6) is 0.846. The predicted molar refractivity (Wildman–Crippen MR) is 113 cm³/mol. The largest absolute Gasteiger partial charge is 0.353 e. The molecule has 2 heterocycles. The first-order valence-corrected chi connectivity index (χ1v) is 10.9. The first-order chi connectivity index (χ1) is 13.0. The third-order valence-corrected chi connectivity index (χ3v) is 6.13. The van der Waals surface area contributed by atoms with Gasteiger partial charge in [-0.25, -0.2) is 4.98 Å². The van der Waals surface area contributed by atoms with Crippen molar-refractivity contribution < 1.29 is 4.79 Å². The molecule has 27 heavy (non-hydrogen) atoms. The molecule has 0 aliphatic carbocycles. The van der Waals surface area contributed by atoms with Crippen molar-refractivity contribution in [3.63, 3.8) is 0 Å². The summed E-state index contributed by atoms with van der Waals surface area (Å²) in [6.07, 6.45) is 2.21. The molecule has 1 aromatic carbocycles. The van der Waals surface area contributed by atoms with E-state index in [0.717, 1.165) is 51.1 Å². The van der Waals surface area contributed by atoms with E-state index < -0.39 is 0 Å². The van der Waals surface area contributed by atoms with Crippen LogP contribution < -0.4 is 5.32 Å². The number of hydrogen-bond donors (Lipinski definition) is 1. The van der Waals surface area contributed by atoms with Gasteiger partial charge in [0.2, 0.25) is 5.91 Å². The summed E-state index contributed by atoms with van der Waals surface area (Å²) in [7, 11) is 0. The average Bonchev–Trinajstić information content (AvgIpc) is 3.04. The van der Waals surface area contributed by atoms with E-state index in [1.165, 1.54) is 9.71 Å². The summed E-state index contributed by atoms with van der Waals surface area (Å²) >= 11 is 1.79. The van der Waals surface area contributed by atoms with Crippen LogP contribution in [0.25, 0.3) is 10.2 Å². The van der Waals surface area contributed by atoms with Gasteiger partial charge in [0.15, 0.2) is 0 Å². The van der Waals surface area contributed by atoms with Crippen molar-refractivity contribution in [2.45, 2.75) is 46.2 Å². The van der Waals surface area contributed by atoms with E-state index in [1.54, 1.807) is 11.3 Å². The molecule has 2 aromatic rings. The van der Waals surface area contributed by atoms with E-state index in [0.29, 0.717) is 12.5 Å². The highest BCUT2D eigenvalue weighted by atomic mass is 32.1. The molecule has 1 amide bonds. The van der Waals surface area contributed by atoms with Crippen LogP contribution in [0.15, 0.2) is 24.3 Å². The van der Waals surface area contributed by atoms with Crippen molar-refractivity contribution >= 4 is 27.5 Å². The summed E-state index contributed by atoms with van der Waals surface area (Å²) in [6.45, 7) is 11.9. The highest BCUT2D eigenvalue weighted by Crippen LogP contribution is 2.23. The van der Waals surface area contributed by atoms with Crippen LogP contribution in [0.3, 0.4) is 0 Å². The van der Waals surface area contributed by atoms with Crippen molar-refractivity contribution in [2.24, 2.45) is 5.92 Å². The number of carbonyl (C=O) groups excluding carboxylic acids is 1. The number of nitrogens with zero attached hydrogens (tertiary/aromatic N) is 3. The smallest absolute Gasteiger partial charge is 0.234 e. The Morgan fingerprint density at radius 3 is 2.52 bits per heavy atom. The maximum Gasteiger partial charge on any atom is 0.234 e. The molecule has 0 spiro atoms. The Morgan fingerprint density at radius 2 is 1.81 bits per heavy atom. The highest BCUT2D eigenvalue weighted by molar-refractivity contribution is 7.18. The minimum Gasteiger partial charge on any atom is -0.353 e.